The molecule has 11 nitrogen and oxygen atoms in total. The van der Waals surface area contributed by atoms with Gasteiger partial charge in [-0.2, -0.15) is 0 Å². The molecule has 2 aromatic rings. The maximum absolute atomic E-state index is 14.8. The molecular weight excluding hydrogens is 480 g/mol. The van der Waals surface area contributed by atoms with E-state index < -0.39 is 42.3 Å². The van der Waals surface area contributed by atoms with Crippen LogP contribution in [0.2, 0.25) is 0 Å². The van der Waals surface area contributed by atoms with E-state index in [1.807, 2.05) is 4.90 Å². The van der Waals surface area contributed by atoms with Crippen molar-refractivity contribution in [2.45, 2.75) is 6.10 Å². The fourth-order valence-corrected chi connectivity index (χ4v) is 5.14. The van der Waals surface area contributed by atoms with E-state index in [1.165, 1.54) is 18.3 Å². The van der Waals surface area contributed by atoms with Crippen molar-refractivity contribution < 1.29 is 41.2 Å². The quantitative estimate of drug-likeness (QED) is 0.559. The summed E-state index contributed by atoms with van der Waals surface area (Å²) in [6, 6.07) is 7.55. The van der Waals surface area contributed by atoms with Crippen LogP contribution in [-0.2, 0) is 23.7 Å². The van der Waals surface area contributed by atoms with Gasteiger partial charge in [0.05, 0.1) is 30.3 Å². The third-order valence-electron chi connectivity index (χ3n) is 5.29. The Morgan fingerprint density at radius 3 is 2.55 bits per heavy atom. The van der Waals surface area contributed by atoms with Gasteiger partial charge in [-0.15, -0.1) is 0 Å². The fraction of sp³-hybridized carbons (Fsp3) is 0.368. The SMILES string of the molecule is O=C1O[C@@H](COP(=O)(O)O)CN1c1ccc(-c2ccc(N3CCS(=O)(=O)CC3)nc2)c(F)c1. The van der Waals surface area contributed by atoms with Crippen molar-refractivity contribution >= 4 is 35.3 Å². The van der Waals surface area contributed by atoms with Crippen molar-refractivity contribution in [2.75, 3.05) is 47.5 Å². The van der Waals surface area contributed by atoms with Crippen molar-refractivity contribution in [1.82, 2.24) is 4.98 Å². The minimum Gasteiger partial charge on any atom is -0.441 e. The van der Waals surface area contributed by atoms with Gasteiger partial charge in [-0.1, -0.05) is 0 Å². The second-order valence-corrected chi connectivity index (χ2v) is 11.2. The molecule has 1 aromatic carbocycles. The zero-order valence-electron chi connectivity index (χ0n) is 17.2. The lowest BCUT2D eigenvalue weighted by Crippen LogP contribution is -2.40. The number of hydrogen-bond donors (Lipinski definition) is 2. The number of carbonyl (C=O) groups is 1. The van der Waals surface area contributed by atoms with Gasteiger partial charge in [-0.3, -0.25) is 9.42 Å². The summed E-state index contributed by atoms with van der Waals surface area (Å²) < 4.78 is 58.2. The number of phosphoric acid groups is 1. The summed E-state index contributed by atoms with van der Waals surface area (Å²) in [6.45, 7) is 0.154. The number of amides is 1. The average molecular weight is 501 g/mol. The Labute approximate surface area is 188 Å². The van der Waals surface area contributed by atoms with Crippen LogP contribution in [0.15, 0.2) is 36.5 Å². The lowest BCUT2D eigenvalue weighted by molar-refractivity contribution is 0.0880. The Morgan fingerprint density at radius 2 is 1.94 bits per heavy atom. The third kappa shape index (κ3) is 5.68. The average Bonchev–Trinajstić information content (AvgIpc) is 3.13. The minimum absolute atomic E-state index is 0.0561. The number of carbonyl (C=O) groups excluding carboxylic acids is 1. The van der Waals surface area contributed by atoms with Crippen LogP contribution in [0.3, 0.4) is 0 Å². The van der Waals surface area contributed by atoms with Gasteiger partial charge in [0, 0.05) is 30.4 Å². The first-order valence-electron chi connectivity index (χ1n) is 9.90. The highest BCUT2D eigenvalue weighted by molar-refractivity contribution is 7.91. The van der Waals surface area contributed by atoms with Crippen molar-refractivity contribution in [2.24, 2.45) is 0 Å². The smallest absolute Gasteiger partial charge is 0.441 e. The summed E-state index contributed by atoms with van der Waals surface area (Å²) >= 11 is 0. The number of sulfone groups is 1. The number of pyridine rings is 1. The first-order chi connectivity index (χ1) is 15.5. The Kier molecular flexibility index (Phi) is 6.43. The van der Waals surface area contributed by atoms with Crippen LogP contribution in [0.1, 0.15) is 0 Å². The summed E-state index contributed by atoms with van der Waals surface area (Å²) in [7, 11) is -7.71. The molecule has 0 saturated carbocycles. The van der Waals surface area contributed by atoms with E-state index in [-0.39, 0.29) is 29.3 Å². The summed E-state index contributed by atoms with van der Waals surface area (Å²) in [5.41, 5.74) is 0.983. The fourth-order valence-electron chi connectivity index (χ4n) is 3.58. The molecule has 0 radical (unpaired) electrons. The number of halogens is 1. The lowest BCUT2D eigenvalue weighted by atomic mass is 10.1. The zero-order chi connectivity index (χ0) is 23.8. The summed E-state index contributed by atoms with van der Waals surface area (Å²) in [5.74, 6) is 0.137. The molecule has 3 heterocycles. The molecule has 4 rings (SSSR count). The first-order valence-corrected chi connectivity index (χ1v) is 13.3. The molecule has 2 aliphatic rings. The molecule has 1 amide bonds. The normalized spacial score (nSPS) is 20.7. The predicted molar refractivity (Wildman–Crippen MR) is 116 cm³/mol. The van der Waals surface area contributed by atoms with Crippen molar-refractivity contribution in [3.63, 3.8) is 0 Å². The van der Waals surface area contributed by atoms with Gasteiger partial charge in [-0.25, -0.2) is 27.2 Å². The van der Waals surface area contributed by atoms with Gasteiger partial charge < -0.3 is 19.4 Å². The number of rotatable bonds is 6. The molecule has 33 heavy (non-hydrogen) atoms. The topological polar surface area (TPSA) is 147 Å². The van der Waals surface area contributed by atoms with Crippen LogP contribution in [0.25, 0.3) is 11.1 Å². The molecule has 2 N–H and O–H groups in total. The summed E-state index contributed by atoms with van der Waals surface area (Å²) in [6.07, 6.45) is -0.193. The maximum atomic E-state index is 14.8. The Bertz CT molecular complexity index is 1190. The largest absolute Gasteiger partial charge is 0.469 e. The van der Waals surface area contributed by atoms with Crippen molar-refractivity contribution in [3.05, 3.63) is 42.3 Å². The predicted octanol–water partition coefficient (Wildman–Crippen LogP) is 1.56. The maximum Gasteiger partial charge on any atom is 0.469 e. The van der Waals surface area contributed by atoms with Crippen LogP contribution in [0.4, 0.5) is 20.7 Å². The van der Waals surface area contributed by atoms with Gasteiger partial charge >= 0.3 is 13.9 Å². The van der Waals surface area contributed by atoms with Crippen LogP contribution < -0.4 is 9.80 Å². The number of ether oxygens (including phenoxy) is 1. The number of phosphoric ester groups is 1. The second-order valence-electron chi connectivity index (χ2n) is 7.61. The van der Waals surface area contributed by atoms with Gasteiger partial charge in [0.2, 0.25) is 0 Å². The first kappa shape index (κ1) is 23.6. The molecule has 2 saturated heterocycles. The number of aromatic nitrogens is 1. The molecule has 2 aliphatic heterocycles. The molecule has 14 heteroatoms. The molecule has 0 spiro atoms. The second kappa shape index (κ2) is 8.99. The number of cyclic esters (lactones) is 1. The van der Waals surface area contributed by atoms with Crippen LogP contribution in [-0.4, -0.2) is 73.1 Å². The molecule has 1 atom stereocenters. The highest BCUT2D eigenvalue weighted by atomic mass is 32.2. The number of anilines is 2. The number of benzene rings is 1. The van der Waals surface area contributed by atoms with Gasteiger partial charge in [0.15, 0.2) is 9.84 Å². The van der Waals surface area contributed by atoms with Crippen LogP contribution >= 0.6 is 7.82 Å². The van der Waals surface area contributed by atoms with Gasteiger partial charge in [-0.05, 0) is 30.3 Å². The monoisotopic (exact) mass is 501 g/mol. The van der Waals surface area contributed by atoms with Crippen molar-refractivity contribution in [3.8, 4) is 11.1 Å². The van der Waals surface area contributed by atoms with E-state index in [0.717, 1.165) is 11.0 Å². The molecule has 0 bridgehead atoms. The van der Waals surface area contributed by atoms with Gasteiger partial charge in [0.25, 0.3) is 0 Å². The standard InChI is InChI=1S/C19H21FN3O8PS/c20-17-9-14(23-11-15(31-19(23)24)12-30-32(25,26)27)2-3-16(17)13-1-4-18(21-10-13)22-5-7-33(28,29)8-6-22/h1-4,9-10,15H,5-8,11-12H2,(H2,25,26,27)/t15-/m1/s1. The van der Waals surface area contributed by atoms with E-state index in [2.05, 4.69) is 9.51 Å². The Balaban J connectivity index is 1.44. The van der Waals surface area contributed by atoms with E-state index in [9.17, 15) is 22.2 Å². The van der Waals surface area contributed by atoms with E-state index >= 15 is 0 Å². The highest BCUT2D eigenvalue weighted by Gasteiger charge is 2.34. The molecule has 2 fully saturated rings. The number of hydrogen-bond acceptors (Lipinski definition) is 8. The molecular formula is C19H21FN3O8PS. The third-order valence-corrected chi connectivity index (χ3v) is 7.39. The molecule has 1 aromatic heterocycles. The molecule has 0 aliphatic carbocycles. The summed E-state index contributed by atoms with van der Waals surface area (Å²) in [4.78, 5) is 37.0. The highest BCUT2D eigenvalue weighted by Crippen LogP contribution is 2.37. The Hall–Kier alpha value is -2.57. The Morgan fingerprint density at radius 1 is 1.21 bits per heavy atom. The van der Waals surface area contributed by atoms with E-state index in [0.29, 0.717) is 24.5 Å². The van der Waals surface area contributed by atoms with Crippen molar-refractivity contribution in [1.29, 1.82) is 0 Å². The van der Waals surface area contributed by atoms with E-state index in [1.54, 1.807) is 12.1 Å². The van der Waals surface area contributed by atoms with Crippen LogP contribution in [0, 0.1) is 5.82 Å². The number of nitrogens with zero attached hydrogens (tertiary/aromatic N) is 3. The van der Waals surface area contributed by atoms with Crippen LogP contribution in [0.5, 0.6) is 0 Å². The molecule has 0 unspecified atom stereocenters. The van der Waals surface area contributed by atoms with E-state index in [4.69, 9.17) is 14.5 Å². The van der Waals surface area contributed by atoms with Gasteiger partial charge in [0.1, 0.15) is 17.7 Å². The zero-order valence-corrected chi connectivity index (χ0v) is 18.9. The summed E-state index contributed by atoms with van der Waals surface area (Å²) in [5, 5.41) is 0. The minimum atomic E-state index is -4.70. The lowest BCUT2D eigenvalue weighted by Gasteiger charge is -2.27. The molecule has 178 valence electrons.